The highest BCUT2D eigenvalue weighted by molar-refractivity contribution is 6.31. The molecular weight excluding hydrogens is 334 g/mol. The standard InChI is InChI=1S/C21H22ClNO2/c1-14-18(9-6-10-19(14)22)20-12-11-17(25-20)13-23-15(2)21(24)16-7-4-3-5-8-16/h3-12,15,21,23-24H,13H2,1-2H3/p+1/t15-,21-/m0/s1. The lowest BCUT2D eigenvalue weighted by Crippen LogP contribution is -2.88. The summed E-state index contributed by atoms with van der Waals surface area (Å²) >= 11 is 6.19. The quantitative estimate of drug-likeness (QED) is 0.698. The highest BCUT2D eigenvalue weighted by Crippen LogP contribution is 2.29. The summed E-state index contributed by atoms with van der Waals surface area (Å²) in [7, 11) is 0. The van der Waals surface area contributed by atoms with Crippen molar-refractivity contribution in [2.24, 2.45) is 0 Å². The van der Waals surface area contributed by atoms with E-state index >= 15 is 0 Å². The summed E-state index contributed by atoms with van der Waals surface area (Å²) in [5.41, 5.74) is 2.96. The molecule has 2 atom stereocenters. The summed E-state index contributed by atoms with van der Waals surface area (Å²) in [6.07, 6.45) is -0.509. The molecule has 0 bridgehead atoms. The number of hydrogen-bond donors (Lipinski definition) is 2. The first-order valence-electron chi connectivity index (χ1n) is 8.47. The van der Waals surface area contributed by atoms with E-state index in [0.717, 1.165) is 33.2 Å². The lowest BCUT2D eigenvalue weighted by molar-refractivity contribution is -0.710. The van der Waals surface area contributed by atoms with Crippen LogP contribution in [0.25, 0.3) is 11.3 Å². The normalized spacial score (nSPS) is 13.6. The number of rotatable bonds is 6. The lowest BCUT2D eigenvalue weighted by Gasteiger charge is -2.17. The number of furan rings is 1. The van der Waals surface area contributed by atoms with Crippen LogP contribution in [0.15, 0.2) is 65.1 Å². The van der Waals surface area contributed by atoms with Crippen molar-refractivity contribution in [3.63, 3.8) is 0 Å². The minimum Gasteiger partial charge on any atom is -0.455 e. The Hall–Kier alpha value is -2.07. The molecule has 3 aromatic rings. The number of hydrogen-bond acceptors (Lipinski definition) is 2. The van der Waals surface area contributed by atoms with Crippen molar-refractivity contribution < 1.29 is 14.8 Å². The van der Waals surface area contributed by atoms with Gasteiger partial charge >= 0.3 is 0 Å². The van der Waals surface area contributed by atoms with E-state index in [4.69, 9.17) is 16.0 Å². The molecule has 1 aromatic heterocycles. The van der Waals surface area contributed by atoms with Crippen LogP contribution in [0.5, 0.6) is 0 Å². The van der Waals surface area contributed by atoms with Crippen LogP contribution in [-0.2, 0) is 6.54 Å². The van der Waals surface area contributed by atoms with Gasteiger partial charge in [0, 0.05) is 10.6 Å². The van der Waals surface area contributed by atoms with E-state index in [9.17, 15) is 5.11 Å². The van der Waals surface area contributed by atoms with Crippen LogP contribution in [0.4, 0.5) is 0 Å². The Labute approximate surface area is 153 Å². The molecular formula is C21H23ClNO2+. The highest BCUT2D eigenvalue weighted by atomic mass is 35.5. The molecule has 0 aliphatic rings. The zero-order chi connectivity index (χ0) is 17.8. The summed E-state index contributed by atoms with van der Waals surface area (Å²) in [5.74, 6) is 1.70. The number of quaternary nitrogens is 1. The van der Waals surface area contributed by atoms with Crippen molar-refractivity contribution in [3.8, 4) is 11.3 Å². The van der Waals surface area contributed by atoms with Crippen LogP contribution < -0.4 is 5.32 Å². The molecule has 2 aromatic carbocycles. The minimum atomic E-state index is -0.509. The highest BCUT2D eigenvalue weighted by Gasteiger charge is 2.19. The predicted molar refractivity (Wildman–Crippen MR) is 100 cm³/mol. The van der Waals surface area contributed by atoms with E-state index in [0.29, 0.717) is 6.54 Å². The summed E-state index contributed by atoms with van der Waals surface area (Å²) in [6.45, 7) is 4.68. The first kappa shape index (κ1) is 17.7. The van der Waals surface area contributed by atoms with E-state index in [1.54, 1.807) is 0 Å². The number of aliphatic hydroxyl groups is 1. The Morgan fingerprint density at radius 2 is 1.80 bits per heavy atom. The predicted octanol–water partition coefficient (Wildman–Crippen LogP) is 4.09. The Bertz CT molecular complexity index is 829. The van der Waals surface area contributed by atoms with Gasteiger partial charge in [-0.15, -0.1) is 0 Å². The van der Waals surface area contributed by atoms with E-state index in [2.05, 4.69) is 5.32 Å². The molecule has 4 heteroatoms. The third-order valence-corrected chi connectivity index (χ3v) is 4.93. The maximum atomic E-state index is 10.4. The molecule has 0 radical (unpaired) electrons. The fourth-order valence-electron chi connectivity index (χ4n) is 2.89. The molecule has 0 aliphatic carbocycles. The van der Waals surface area contributed by atoms with E-state index in [-0.39, 0.29) is 6.04 Å². The summed E-state index contributed by atoms with van der Waals surface area (Å²) in [4.78, 5) is 0. The number of halogens is 1. The van der Waals surface area contributed by atoms with Crippen molar-refractivity contribution in [3.05, 3.63) is 82.6 Å². The Morgan fingerprint density at radius 1 is 1.04 bits per heavy atom. The molecule has 1 heterocycles. The third-order valence-electron chi connectivity index (χ3n) is 4.52. The molecule has 3 nitrogen and oxygen atoms in total. The fourth-order valence-corrected chi connectivity index (χ4v) is 3.07. The van der Waals surface area contributed by atoms with Gasteiger partial charge in [0.25, 0.3) is 0 Å². The molecule has 0 aliphatic heterocycles. The van der Waals surface area contributed by atoms with E-state index in [1.807, 2.05) is 74.5 Å². The number of aliphatic hydroxyl groups excluding tert-OH is 1. The van der Waals surface area contributed by atoms with Gasteiger partial charge in [-0.1, -0.05) is 54.1 Å². The Kier molecular flexibility index (Phi) is 5.59. The van der Waals surface area contributed by atoms with Crippen molar-refractivity contribution in [1.82, 2.24) is 0 Å². The van der Waals surface area contributed by atoms with Crippen LogP contribution in [-0.4, -0.2) is 11.1 Å². The Balaban J connectivity index is 1.65. The summed E-state index contributed by atoms with van der Waals surface area (Å²) in [5, 5.41) is 13.3. The second-order valence-electron chi connectivity index (χ2n) is 6.33. The van der Waals surface area contributed by atoms with Gasteiger partial charge in [0.1, 0.15) is 24.5 Å². The van der Waals surface area contributed by atoms with Crippen molar-refractivity contribution in [1.29, 1.82) is 0 Å². The fraction of sp³-hybridized carbons (Fsp3) is 0.238. The summed E-state index contributed by atoms with van der Waals surface area (Å²) < 4.78 is 5.97. The van der Waals surface area contributed by atoms with E-state index < -0.39 is 6.10 Å². The van der Waals surface area contributed by atoms with Crippen molar-refractivity contribution in [2.45, 2.75) is 32.5 Å². The van der Waals surface area contributed by atoms with Gasteiger partial charge in [0.2, 0.25) is 0 Å². The molecule has 0 fully saturated rings. The van der Waals surface area contributed by atoms with Crippen LogP contribution in [0.2, 0.25) is 5.02 Å². The molecule has 0 spiro atoms. The molecule has 3 N–H and O–H groups in total. The molecule has 0 saturated heterocycles. The van der Waals surface area contributed by atoms with Crippen molar-refractivity contribution in [2.75, 3.05) is 0 Å². The van der Waals surface area contributed by atoms with Crippen LogP contribution in [0.1, 0.15) is 29.9 Å². The van der Waals surface area contributed by atoms with Gasteiger partial charge in [-0.05, 0) is 43.2 Å². The third kappa shape index (κ3) is 4.13. The van der Waals surface area contributed by atoms with Gasteiger partial charge in [-0.25, -0.2) is 0 Å². The maximum Gasteiger partial charge on any atom is 0.158 e. The second kappa shape index (κ2) is 7.87. The lowest BCUT2D eigenvalue weighted by atomic mass is 10.0. The van der Waals surface area contributed by atoms with Crippen molar-refractivity contribution >= 4 is 11.6 Å². The molecule has 0 saturated carbocycles. The topological polar surface area (TPSA) is 50.0 Å². The summed E-state index contributed by atoms with van der Waals surface area (Å²) in [6, 6.07) is 19.5. The molecule has 3 rings (SSSR count). The SMILES string of the molecule is Cc1c(Cl)cccc1-c1ccc(C[NH2+][C@@H](C)[C@H](O)c2ccccc2)o1. The van der Waals surface area contributed by atoms with E-state index in [1.165, 1.54) is 0 Å². The number of nitrogens with two attached hydrogens (primary N) is 1. The van der Waals surface area contributed by atoms with Crippen LogP contribution in [0.3, 0.4) is 0 Å². The van der Waals surface area contributed by atoms with Gasteiger partial charge in [0.15, 0.2) is 5.76 Å². The monoisotopic (exact) mass is 356 g/mol. The number of benzene rings is 2. The maximum absolute atomic E-state index is 10.4. The minimum absolute atomic E-state index is 0.0313. The van der Waals surface area contributed by atoms with Gasteiger partial charge < -0.3 is 14.8 Å². The van der Waals surface area contributed by atoms with Crippen LogP contribution >= 0.6 is 11.6 Å². The average molecular weight is 357 g/mol. The Morgan fingerprint density at radius 3 is 2.56 bits per heavy atom. The molecule has 0 amide bonds. The zero-order valence-corrected chi connectivity index (χ0v) is 15.2. The molecule has 0 unspecified atom stereocenters. The molecule has 25 heavy (non-hydrogen) atoms. The first-order chi connectivity index (χ1) is 12.1. The average Bonchev–Trinajstić information content (AvgIpc) is 3.11. The first-order valence-corrected chi connectivity index (χ1v) is 8.84. The van der Waals surface area contributed by atoms with Crippen LogP contribution in [0, 0.1) is 6.92 Å². The van der Waals surface area contributed by atoms with Gasteiger partial charge in [-0.3, -0.25) is 0 Å². The second-order valence-corrected chi connectivity index (χ2v) is 6.74. The molecule has 130 valence electrons. The smallest absolute Gasteiger partial charge is 0.158 e. The van der Waals surface area contributed by atoms with Gasteiger partial charge in [-0.2, -0.15) is 0 Å². The largest absolute Gasteiger partial charge is 0.455 e. The van der Waals surface area contributed by atoms with Gasteiger partial charge in [0.05, 0.1) is 0 Å². The zero-order valence-electron chi connectivity index (χ0n) is 14.4.